The van der Waals surface area contributed by atoms with Gasteiger partial charge in [-0.1, -0.05) is 54.1 Å². The first-order valence-corrected chi connectivity index (χ1v) is 10.7. The Morgan fingerprint density at radius 2 is 1.67 bits per heavy atom. The van der Waals surface area contributed by atoms with Crippen LogP contribution in [0.3, 0.4) is 0 Å². The van der Waals surface area contributed by atoms with Crippen molar-refractivity contribution in [2.45, 2.75) is 24.8 Å². The lowest BCUT2D eigenvalue weighted by Crippen LogP contribution is -2.48. The van der Waals surface area contributed by atoms with Crippen molar-refractivity contribution in [3.05, 3.63) is 106 Å². The Kier molecular flexibility index (Phi) is 8.60. The predicted molar refractivity (Wildman–Crippen MR) is 125 cm³/mol. The second kappa shape index (κ2) is 11.6. The van der Waals surface area contributed by atoms with Crippen molar-refractivity contribution in [2.24, 2.45) is 0 Å². The topological polar surface area (TPSA) is 98.7 Å². The van der Waals surface area contributed by atoms with Crippen LogP contribution in [-0.2, 0) is 11.2 Å². The quantitative estimate of drug-likeness (QED) is 0.363. The summed E-state index contributed by atoms with van der Waals surface area (Å²) in [4.78, 5) is 25.5. The molecule has 0 fully saturated rings. The molecule has 170 valence electrons. The molecule has 0 aliphatic rings. The first kappa shape index (κ1) is 24.4. The van der Waals surface area contributed by atoms with E-state index in [2.05, 4.69) is 10.6 Å². The lowest BCUT2D eigenvalue weighted by molar-refractivity contribution is -0.122. The zero-order valence-corrected chi connectivity index (χ0v) is 18.4. The third-order valence-corrected chi connectivity index (χ3v) is 5.27. The SMILES string of the molecule is O=C(CC(NC(=O)c1ccccc1)c1cccc(Cl)c1)N[C@@H](Cc1cccc(F)c1)B(O)O. The van der Waals surface area contributed by atoms with E-state index >= 15 is 0 Å². The minimum Gasteiger partial charge on any atom is -0.426 e. The van der Waals surface area contributed by atoms with Gasteiger partial charge in [0.15, 0.2) is 0 Å². The van der Waals surface area contributed by atoms with Crippen LogP contribution in [-0.4, -0.2) is 34.9 Å². The van der Waals surface area contributed by atoms with E-state index in [-0.39, 0.29) is 18.7 Å². The highest BCUT2D eigenvalue weighted by Gasteiger charge is 2.27. The maximum atomic E-state index is 13.5. The van der Waals surface area contributed by atoms with E-state index in [4.69, 9.17) is 11.6 Å². The van der Waals surface area contributed by atoms with Crippen LogP contribution in [0.4, 0.5) is 4.39 Å². The molecule has 0 aromatic heterocycles. The van der Waals surface area contributed by atoms with Crippen LogP contribution in [0, 0.1) is 5.82 Å². The van der Waals surface area contributed by atoms with E-state index in [0.29, 0.717) is 21.7 Å². The van der Waals surface area contributed by atoms with Gasteiger partial charge in [-0.15, -0.1) is 0 Å². The number of carbonyl (C=O) groups is 2. The average Bonchev–Trinajstić information content (AvgIpc) is 2.78. The second-order valence-electron chi connectivity index (χ2n) is 7.57. The van der Waals surface area contributed by atoms with Crippen molar-refractivity contribution in [3.8, 4) is 0 Å². The molecule has 6 nitrogen and oxygen atoms in total. The molecule has 3 aromatic rings. The highest BCUT2D eigenvalue weighted by molar-refractivity contribution is 6.43. The summed E-state index contributed by atoms with van der Waals surface area (Å²) >= 11 is 6.10. The second-order valence-corrected chi connectivity index (χ2v) is 8.01. The van der Waals surface area contributed by atoms with Gasteiger partial charge in [-0.2, -0.15) is 0 Å². The summed E-state index contributed by atoms with van der Waals surface area (Å²) in [7, 11) is -1.86. The van der Waals surface area contributed by atoms with Crippen molar-refractivity contribution in [1.29, 1.82) is 0 Å². The van der Waals surface area contributed by atoms with Crippen LogP contribution >= 0.6 is 11.6 Å². The van der Waals surface area contributed by atoms with Gasteiger partial charge in [0.1, 0.15) is 5.82 Å². The van der Waals surface area contributed by atoms with Crippen LogP contribution in [0.25, 0.3) is 0 Å². The number of nitrogens with one attached hydrogen (secondary N) is 2. The van der Waals surface area contributed by atoms with E-state index in [0.717, 1.165) is 0 Å². The molecule has 0 heterocycles. The van der Waals surface area contributed by atoms with Crippen LogP contribution in [0.15, 0.2) is 78.9 Å². The molecule has 3 aromatic carbocycles. The van der Waals surface area contributed by atoms with Gasteiger partial charge in [-0.25, -0.2) is 4.39 Å². The summed E-state index contributed by atoms with van der Waals surface area (Å²) < 4.78 is 13.5. The van der Waals surface area contributed by atoms with Gasteiger partial charge in [-0.3, -0.25) is 9.59 Å². The number of hydrogen-bond donors (Lipinski definition) is 4. The molecule has 3 rings (SSSR count). The van der Waals surface area contributed by atoms with Crippen molar-refractivity contribution in [1.82, 2.24) is 10.6 Å². The highest BCUT2D eigenvalue weighted by atomic mass is 35.5. The number of carbonyl (C=O) groups excluding carboxylic acids is 2. The number of rotatable bonds is 9. The van der Waals surface area contributed by atoms with Crippen LogP contribution < -0.4 is 10.6 Å². The smallest absolute Gasteiger partial charge is 0.426 e. The first-order chi connectivity index (χ1) is 15.8. The van der Waals surface area contributed by atoms with Gasteiger partial charge in [0.25, 0.3) is 5.91 Å². The van der Waals surface area contributed by atoms with E-state index in [9.17, 15) is 24.0 Å². The standard InChI is InChI=1S/C24H23BClFN2O4/c26-19-10-5-9-18(14-19)21(28-24(31)17-7-2-1-3-8-17)15-23(30)29-22(25(32)33)13-16-6-4-11-20(27)12-16/h1-12,14,21-22,32-33H,13,15H2,(H,28,31)(H,29,30)/t21?,22-/m0/s1. The Morgan fingerprint density at radius 3 is 2.33 bits per heavy atom. The number of hydrogen-bond acceptors (Lipinski definition) is 4. The molecule has 2 amide bonds. The molecular weight excluding hydrogens is 446 g/mol. The fraction of sp³-hybridized carbons (Fsp3) is 0.167. The van der Waals surface area contributed by atoms with Gasteiger partial charge in [0, 0.05) is 10.6 Å². The van der Waals surface area contributed by atoms with Crippen LogP contribution in [0.1, 0.15) is 33.9 Å². The third kappa shape index (κ3) is 7.42. The molecule has 0 aliphatic heterocycles. The summed E-state index contributed by atoms with van der Waals surface area (Å²) in [6.45, 7) is 0. The maximum Gasteiger partial charge on any atom is 0.475 e. The molecular formula is C24H23BClFN2O4. The molecule has 0 saturated heterocycles. The molecule has 0 radical (unpaired) electrons. The Bertz CT molecular complexity index is 1100. The summed E-state index contributed by atoms with van der Waals surface area (Å²) in [5.74, 6) is -2.42. The molecule has 0 bridgehead atoms. The van der Waals surface area contributed by atoms with Gasteiger partial charge in [0.2, 0.25) is 5.91 Å². The molecule has 1 unspecified atom stereocenters. The zero-order chi connectivity index (χ0) is 23.8. The Balaban J connectivity index is 1.74. The normalized spacial score (nSPS) is 12.5. The summed E-state index contributed by atoms with van der Waals surface area (Å²) in [5.41, 5.74) is 1.55. The summed E-state index contributed by atoms with van der Waals surface area (Å²) in [6.07, 6.45) is -0.162. The van der Waals surface area contributed by atoms with E-state index in [1.165, 1.54) is 18.2 Å². The van der Waals surface area contributed by atoms with Gasteiger partial charge >= 0.3 is 7.12 Å². The van der Waals surface area contributed by atoms with Crippen molar-refractivity contribution in [2.75, 3.05) is 0 Å². The Hall–Kier alpha value is -3.20. The lowest BCUT2D eigenvalue weighted by Gasteiger charge is -2.22. The largest absolute Gasteiger partial charge is 0.475 e. The first-order valence-electron chi connectivity index (χ1n) is 10.3. The predicted octanol–water partition coefficient (Wildman–Crippen LogP) is 3.08. The van der Waals surface area contributed by atoms with Crippen molar-refractivity contribution < 1.29 is 24.0 Å². The molecule has 0 spiro atoms. The number of benzene rings is 3. The third-order valence-electron chi connectivity index (χ3n) is 5.03. The fourth-order valence-electron chi connectivity index (χ4n) is 3.41. The van der Waals surface area contributed by atoms with Gasteiger partial charge in [-0.05, 0) is 53.9 Å². The number of halogens is 2. The zero-order valence-electron chi connectivity index (χ0n) is 17.6. The molecule has 4 N–H and O–H groups in total. The lowest BCUT2D eigenvalue weighted by atomic mass is 9.75. The van der Waals surface area contributed by atoms with Gasteiger partial charge in [0.05, 0.1) is 18.4 Å². The van der Waals surface area contributed by atoms with Gasteiger partial charge < -0.3 is 20.7 Å². The summed E-state index contributed by atoms with van der Waals surface area (Å²) in [5, 5.41) is 25.3. The summed E-state index contributed by atoms with van der Waals surface area (Å²) in [6, 6.07) is 20.3. The van der Waals surface area contributed by atoms with E-state index < -0.39 is 30.8 Å². The monoisotopic (exact) mass is 468 g/mol. The average molecular weight is 469 g/mol. The Morgan fingerprint density at radius 1 is 0.939 bits per heavy atom. The minimum atomic E-state index is -1.86. The highest BCUT2D eigenvalue weighted by Crippen LogP contribution is 2.21. The van der Waals surface area contributed by atoms with Crippen LogP contribution in [0.2, 0.25) is 5.02 Å². The minimum absolute atomic E-state index is 0.0133. The van der Waals surface area contributed by atoms with Crippen LogP contribution in [0.5, 0.6) is 0 Å². The molecule has 33 heavy (non-hydrogen) atoms. The molecule has 0 saturated carbocycles. The number of amides is 2. The maximum absolute atomic E-state index is 13.5. The Labute approximate surface area is 196 Å². The van der Waals surface area contributed by atoms with E-state index in [1.54, 1.807) is 60.7 Å². The molecule has 2 atom stereocenters. The van der Waals surface area contributed by atoms with E-state index in [1.807, 2.05) is 0 Å². The molecule has 9 heteroatoms. The molecule has 0 aliphatic carbocycles. The van der Waals surface area contributed by atoms with Crippen molar-refractivity contribution >= 4 is 30.5 Å². The van der Waals surface area contributed by atoms with Crippen molar-refractivity contribution in [3.63, 3.8) is 0 Å². The fourth-order valence-corrected chi connectivity index (χ4v) is 3.61.